The Hall–Kier alpha value is -4.15. The van der Waals surface area contributed by atoms with Crippen LogP contribution in [0.3, 0.4) is 0 Å². The summed E-state index contributed by atoms with van der Waals surface area (Å²) in [6.45, 7) is 0.870. The predicted octanol–water partition coefficient (Wildman–Crippen LogP) is 4.77. The van der Waals surface area contributed by atoms with Gasteiger partial charge >= 0.3 is 0 Å². The number of aromatic nitrogens is 2. The molecule has 0 bridgehead atoms. The van der Waals surface area contributed by atoms with Gasteiger partial charge in [-0.3, -0.25) is 18.9 Å². The number of fused-ring (bicyclic) bond motifs is 1. The van der Waals surface area contributed by atoms with E-state index in [1.807, 2.05) is 54.6 Å². The highest BCUT2D eigenvalue weighted by molar-refractivity contribution is 8.26. The van der Waals surface area contributed by atoms with E-state index in [-0.39, 0.29) is 11.5 Å². The average molecular weight is 559 g/mol. The number of hydrogen-bond acceptors (Lipinski definition) is 8. The molecule has 39 heavy (non-hydrogen) atoms. The number of nitrogens with zero attached hydrogens (tertiary/aromatic N) is 3. The Morgan fingerprint density at radius 3 is 2.51 bits per heavy atom. The number of rotatable bonds is 9. The van der Waals surface area contributed by atoms with Crippen LogP contribution in [0.2, 0.25) is 0 Å². The first-order chi connectivity index (χ1) is 19.0. The van der Waals surface area contributed by atoms with Crippen LogP contribution in [0.15, 0.2) is 82.6 Å². The van der Waals surface area contributed by atoms with E-state index < -0.39 is 0 Å². The summed E-state index contributed by atoms with van der Waals surface area (Å²) in [5, 5.41) is 3.28. The van der Waals surface area contributed by atoms with Crippen LogP contribution in [0, 0.1) is 0 Å². The molecule has 10 heteroatoms. The molecule has 1 aliphatic rings. The quantitative estimate of drug-likeness (QED) is 0.232. The molecule has 0 saturated carbocycles. The van der Waals surface area contributed by atoms with Gasteiger partial charge in [0, 0.05) is 19.3 Å². The summed E-state index contributed by atoms with van der Waals surface area (Å²) in [6, 6.07) is 20.9. The van der Waals surface area contributed by atoms with Crippen LogP contribution in [0.25, 0.3) is 11.7 Å². The summed E-state index contributed by atoms with van der Waals surface area (Å²) in [6.07, 6.45) is 3.83. The first-order valence-electron chi connectivity index (χ1n) is 12.2. The third kappa shape index (κ3) is 5.67. The third-order valence-corrected chi connectivity index (χ3v) is 7.67. The minimum absolute atomic E-state index is 0.239. The second-order valence-electron chi connectivity index (χ2n) is 8.72. The summed E-state index contributed by atoms with van der Waals surface area (Å²) in [7, 11) is 3.17. The minimum atomic E-state index is -0.272. The molecule has 2 aromatic carbocycles. The highest BCUT2D eigenvalue weighted by atomic mass is 32.2. The predicted molar refractivity (Wildman–Crippen MR) is 158 cm³/mol. The van der Waals surface area contributed by atoms with Crippen LogP contribution in [0.1, 0.15) is 16.7 Å². The van der Waals surface area contributed by atoms with Crippen molar-refractivity contribution < 1.29 is 14.3 Å². The molecule has 1 amide bonds. The molecule has 1 N–H and O–H groups in total. The lowest BCUT2D eigenvalue weighted by Gasteiger charge is -2.15. The molecule has 8 nitrogen and oxygen atoms in total. The fourth-order valence-corrected chi connectivity index (χ4v) is 5.54. The van der Waals surface area contributed by atoms with Crippen molar-refractivity contribution in [2.24, 2.45) is 0 Å². The van der Waals surface area contributed by atoms with E-state index in [4.69, 9.17) is 21.7 Å². The number of methoxy groups -OCH3 is 2. The van der Waals surface area contributed by atoms with Gasteiger partial charge in [-0.25, -0.2) is 4.98 Å². The van der Waals surface area contributed by atoms with Gasteiger partial charge in [-0.1, -0.05) is 66.4 Å². The summed E-state index contributed by atoms with van der Waals surface area (Å²) in [4.78, 5) is 33.5. The summed E-state index contributed by atoms with van der Waals surface area (Å²) in [5.41, 5.74) is 2.56. The normalized spacial score (nSPS) is 14.3. The second-order valence-corrected chi connectivity index (χ2v) is 10.4. The highest BCUT2D eigenvalue weighted by Gasteiger charge is 2.32. The average Bonchev–Trinajstić information content (AvgIpc) is 3.24. The Labute approximate surface area is 235 Å². The van der Waals surface area contributed by atoms with Crippen molar-refractivity contribution in [3.63, 3.8) is 0 Å². The standard InChI is InChI=1S/C29H26N4O4S2/c1-36-22-12-11-19(16-23(22)37-2)13-15-33-28(35)24(39-29(33)38)17-21-26(30-18-20-8-4-3-5-9-20)31-25-10-6-7-14-32(25)27(21)34/h3-12,14,16-17,30H,13,15,18H2,1-2H3. The van der Waals surface area contributed by atoms with Gasteiger partial charge in [-0.05, 0) is 47.9 Å². The third-order valence-electron chi connectivity index (χ3n) is 6.29. The van der Waals surface area contributed by atoms with Crippen LogP contribution < -0.4 is 20.3 Å². The maximum atomic E-state index is 13.5. The first kappa shape index (κ1) is 26.5. The molecule has 4 aromatic rings. The van der Waals surface area contributed by atoms with Gasteiger partial charge in [0.25, 0.3) is 11.5 Å². The lowest BCUT2D eigenvalue weighted by Crippen LogP contribution is -2.30. The van der Waals surface area contributed by atoms with Gasteiger partial charge in [0.15, 0.2) is 11.5 Å². The van der Waals surface area contributed by atoms with E-state index >= 15 is 0 Å². The molecule has 0 spiro atoms. The molecule has 3 heterocycles. The molecule has 0 radical (unpaired) electrons. The van der Waals surface area contributed by atoms with Crippen LogP contribution in [0.5, 0.6) is 11.5 Å². The zero-order valence-corrected chi connectivity index (χ0v) is 23.1. The van der Waals surface area contributed by atoms with Crippen molar-refractivity contribution in [3.05, 3.63) is 105 Å². The molecule has 0 atom stereocenters. The van der Waals surface area contributed by atoms with Gasteiger partial charge in [0.1, 0.15) is 15.8 Å². The van der Waals surface area contributed by atoms with E-state index in [9.17, 15) is 9.59 Å². The monoisotopic (exact) mass is 558 g/mol. The summed E-state index contributed by atoms with van der Waals surface area (Å²) < 4.78 is 12.6. The van der Waals surface area contributed by atoms with Gasteiger partial charge in [-0.2, -0.15) is 0 Å². The molecule has 1 saturated heterocycles. The number of carbonyl (C=O) groups excluding carboxylic acids is 1. The lowest BCUT2D eigenvalue weighted by atomic mass is 10.1. The molecule has 198 valence electrons. The summed E-state index contributed by atoms with van der Waals surface area (Å²) in [5.74, 6) is 1.43. The number of carbonyl (C=O) groups is 1. The molecule has 5 rings (SSSR count). The molecule has 0 unspecified atom stereocenters. The molecule has 1 aliphatic heterocycles. The number of thiocarbonyl (C=S) groups is 1. The van der Waals surface area contributed by atoms with Crippen molar-refractivity contribution >= 4 is 51.7 Å². The number of anilines is 1. The topological polar surface area (TPSA) is 85.2 Å². The van der Waals surface area contributed by atoms with Crippen molar-refractivity contribution in [1.82, 2.24) is 14.3 Å². The summed E-state index contributed by atoms with van der Waals surface area (Å²) >= 11 is 6.72. The van der Waals surface area contributed by atoms with Crippen LogP contribution in [-0.4, -0.2) is 45.3 Å². The Morgan fingerprint density at radius 2 is 1.74 bits per heavy atom. The highest BCUT2D eigenvalue weighted by Crippen LogP contribution is 2.34. The second kappa shape index (κ2) is 11.7. The van der Waals surface area contributed by atoms with Gasteiger partial charge < -0.3 is 14.8 Å². The zero-order valence-electron chi connectivity index (χ0n) is 21.4. The Bertz CT molecular complexity index is 1640. The lowest BCUT2D eigenvalue weighted by molar-refractivity contribution is -0.122. The zero-order chi connectivity index (χ0) is 27.4. The SMILES string of the molecule is COc1ccc(CCN2C(=O)C(=Cc3c(NCc4ccccc4)nc4ccccn4c3=O)SC2=S)cc1OC. The number of hydrogen-bond donors (Lipinski definition) is 1. The van der Waals surface area contributed by atoms with E-state index in [0.29, 0.717) is 57.3 Å². The van der Waals surface area contributed by atoms with Crippen LogP contribution in [0.4, 0.5) is 5.82 Å². The Balaban J connectivity index is 1.42. The fourth-order valence-electron chi connectivity index (χ4n) is 4.25. The van der Waals surface area contributed by atoms with Crippen LogP contribution >= 0.6 is 24.0 Å². The minimum Gasteiger partial charge on any atom is -0.493 e. The number of thioether (sulfide) groups is 1. The van der Waals surface area contributed by atoms with Crippen molar-refractivity contribution in [3.8, 4) is 11.5 Å². The maximum Gasteiger partial charge on any atom is 0.267 e. The van der Waals surface area contributed by atoms with E-state index in [1.165, 1.54) is 16.2 Å². The number of ether oxygens (including phenoxy) is 2. The number of pyridine rings is 1. The maximum absolute atomic E-state index is 13.5. The molecular formula is C29H26N4O4S2. The Morgan fingerprint density at radius 1 is 0.974 bits per heavy atom. The molecule has 0 aliphatic carbocycles. The molecular weight excluding hydrogens is 532 g/mol. The van der Waals surface area contributed by atoms with E-state index in [1.54, 1.807) is 43.5 Å². The van der Waals surface area contributed by atoms with Gasteiger partial charge in [0.2, 0.25) is 0 Å². The largest absolute Gasteiger partial charge is 0.493 e. The van der Waals surface area contributed by atoms with E-state index in [2.05, 4.69) is 10.3 Å². The first-order valence-corrected chi connectivity index (χ1v) is 13.5. The molecule has 1 fully saturated rings. The van der Waals surface area contributed by atoms with E-state index in [0.717, 1.165) is 11.1 Å². The van der Waals surface area contributed by atoms with Gasteiger partial charge in [0.05, 0.1) is 24.7 Å². The fraction of sp³-hybridized carbons (Fsp3) is 0.172. The van der Waals surface area contributed by atoms with Crippen LogP contribution in [-0.2, 0) is 17.8 Å². The van der Waals surface area contributed by atoms with Gasteiger partial charge in [-0.15, -0.1) is 0 Å². The smallest absolute Gasteiger partial charge is 0.267 e. The van der Waals surface area contributed by atoms with Crippen molar-refractivity contribution in [1.29, 1.82) is 0 Å². The number of amides is 1. The number of benzene rings is 2. The van der Waals surface area contributed by atoms with Crippen molar-refractivity contribution in [2.45, 2.75) is 13.0 Å². The molecule has 2 aromatic heterocycles. The number of nitrogens with one attached hydrogen (secondary N) is 1. The Kier molecular flexibility index (Phi) is 7.94. The van der Waals surface area contributed by atoms with Crippen molar-refractivity contribution in [2.75, 3.05) is 26.1 Å².